The fourth-order valence-corrected chi connectivity index (χ4v) is 3.66. The Morgan fingerprint density at radius 3 is 2.85 bits per heavy atom. The number of halogens is 2. The average Bonchev–Trinajstić information content (AvgIpc) is 3.18. The van der Waals surface area contributed by atoms with Crippen LogP contribution in [0.15, 0.2) is 27.7 Å². The minimum absolute atomic E-state index is 0.247. The van der Waals surface area contributed by atoms with E-state index in [4.69, 9.17) is 9.47 Å². The van der Waals surface area contributed by atoms with Crippen molar-refractivity contribution in [2.24, 2.45) is 4.99 Å². The van der Waals surface area contributed by atoms with Crippen LogP contribution in [-0.4, -0.2) is 56.4 Å². The van der Waals surface area contributed by atoms with Crippen molar-refractivity contribution in [3.05, 3.63) is 34.1 Å². The maximum atomic E-state index is 13.6. The van der Waals surface area contributed by atoms with Gasteiger partial charge < -0.3 is 19.7 Å². The first-order valence-corrected chi connectivity index (χ1v) is 10.1. The van der Waals surface area contributed by atoms with E-state index in [-0.39, 0.29) is 11.9 Å². The van der Waals surface area contributed by atoms with E-state index in [1.165, 1.54) is 6.07 Å². The highest BCUT2D eigenvalue weighted by Crippen LogP contribution is 2.19. The van der Waals surface area contributed by atoms with Crippen molar-refractivity contribution >= 4 is 21.9 Å². The number of ether oxygens (including phenoxy) is 2. The number of guanidine groups is 1. The lowest BCUT2D eigenvalue weighted by molar-refractivity contribution is -0.0367. The summed E-state index contributed by atoms with van der Waals surface area (Å²) in [5.41, 5.74) is 0.890. The lowest BCUT2D eigenvalue weighted by atomic mass is 10.1. The van der Waals surface area contributed by atoms with Crippen LogP contribution in [0, 0.1) is 5.82 Å². The zero-order chi connectivity index (χ0) is 18.4. The van der Waals surface area contributed by atoms with Crippen LogP contribution in [0.25, 0.3) is 0 Å². The second kappa shape index (κ2) is 9.67. The van der Waals surface area contributed by atoms with Gasteiger partial charge in [0.1, 0.15) is 5.82 Å². The number of piperidine rings is 1. The first-order chi connectivity index (χ1) is 12.7. The lowest BCUT2D eigenvalue weighted by Crippen LogP contribution is -2.47. The van der Waals surface area contributed by atoms with Crippen molar-refractivity contribution < 1.29 is 13.9 Å². The summed E-state index contributed by atoms with van der Waals surface area (Å²) < 4.78 is 25.8. The lowest BCUT2D eigenvalue weighted by Gasteiger charge is -2.34. The summed E-state index contributed by atoms with van der Waals surface area (Å²) in [6, 6.07) is 5.17. The molecule has 7 heteroatoms. The number of rotatable bonds is 5. The van der Waals surface area contributed by atoms with E-state index in [9.17, 15) is 4.39 Å². The Morgan fingerprint density at radius 2 is 2.19 bits per heavy atom. The highest BCUT2D eigenvalue weighted by atomic mass is 79.9. The molecule has 5 nitrogen and oxygen atoms in total. The van der Waals surface area contributed by atoms with Gasteiger partial charge in [0.05, 0.1) is 23.3 Å². The third kappa shape index (κ3) is 5.41. The molecular formula is C19H27BrFN3O2. The quantitative estimate of drug-likeness (QED) is 0.578. The molecule has 26 heavy (non-hydrogen) atoms. The molecule has 2 saturated heterocycles. The fraction of sp³-hybridized carbons (Fsp3) is 0.632. The third-order valence-electron chi connectivity index (χ3n) is 4.93. The van der Waals surface area contributed by atoms with Gasteiger partial charge in [-0.1, -0.05) is 6.07 Å². The predicted octanol–water partition coefficient (Wildman–Crippen LogP) is 3.32. The van der Waals surface area contributed by atoms with Crippen LogP contribution in [0.4, 0.5) is 4.39 Å². The Labute approximate surface area is 163 Å². The number of nitrogens with one attached hydrogen (secondary N) is 1. The molecule has 0 aromatic heterocycles. The van der Waals surface area contributed by atoms with E-state index in [1.54, 1.807) is 13.1 Å². The molecule has 0 aliphatic carbocycles. The number of hydrogen-bond acceptors (Lipinski definition) is 3. The molecule has 2 aliphatic heterocycles. The number of aliphatic imine (C=N–C) groups is 1. The Balaban J connectivity index is 1.42. The molecule has 144 valence electrons. The molecule has 1 atom stereocenters. The minimum Gasteiger partial charge on any atom is -0.376 e. The van der Waals surface area contributed by atoms with Crippen LogP contribution >= 0.6 is 15.9 Å². The van der Waals surface area contributed by atoms with Gasteiger partial charge in [0.25, 0.3) is 0 Å². The summed E-state index contributed by atoms with van der Waals surface area (Å²) in [4.78, 5) is 6.61. The van der Waals surface area contributed by atoms with E-state index in [1.807, 2.05) is 6.07 Å². The smallest absolute Gasteiger partial charge is 0.193 e. The van der Waals surface area contributed by atoms with Crippen LogP contribution in [0.5, 0.6) is 0 Å². The number of nitrogens with zero attached hydrogens (tertiary/aromatic N) is 2. The van der Waals surface area contributed by atoms with Gasteiger partial charge in [0, 0.05) is 33.3 Å². The van der Waals surface area contributed by atoms with E-state index in [0.29, 0.717) is 23.7 Å². The molecule has 0 saturated carbocycles. The monoisotopic (exact) mass is 427 g/mol. The number of hydrogen-bond donors (Lipinski definition) is 1. The summed E-state index contributed by atoms with van der Waals surface area (Å²) in [6.45, 7) is 3.95. The third-order valence-corrected chi connectivity index (χ3v) is 5.57. The standard InChI is InChI=1S/C19H27BrFN3O2/c1-22-19(23-12-14-4-5-17(20)18(21)11-14)24-8-6-15(7-9-24)26-13-16-3-2-10-25-16/h4-5,11,15-16H,2-3,6-10,12-13H2,1H3,(H,22,23). The molecule has 0 amide bonds. The summed E-state index contributed by atoms with van der Waals surface area (Å²) >= 11 is 3.18. The molecule has 0 bridgehead atoms. The van der Waals surface area contributed by atoms with Crippen LogP contribution in [0.1, 0.15) is 31.2 Å². The van der Waals surface area contributed by atoms with Crippen molar-refractivity contribution in [3.63, 3.8) is 0 Å². The van der Waals surface area contributed by atoms with Crippen molar-refractivity contribution in [2.75, 3.05) is 33.4 Å². The van der Waals surface area contributed by atoms with E-state index >= 15 is 0 Å². The van der Waals surface area contributed by atoms with Gasteiger partial charge in [-0.2, -0.15) is 0 Å². The molecule has 1 aromatic carbocycles. The normalized spacial score (nSPS) is 22.0. The highest BCUT2D eigenvalue weighted by molar-refractivity contribution is 9.10. The van der Waals surface area contributed by atoms with Gasteiger partial charge in [-0.05, 0) is 59.3 Å². The summed E-state index contributed by atoms with van der Waals surface area (Å²) in [6.07, 6.45) is 4.83. The topological polar surface area (TPSA) is 46.1 Å². The van der Waals surface area contributed by atoms with E-state index in [0.717, 1.165) is 56.9 Å². The fourth-order valence-electron chi connectivity index (χ4n) is 3.42. The Morgan fingerprint density at radius 1 is 1.38 bits per heavy atom. The average molecular weight is 428 g/mol. The molecule has 1 aromatic rings. The zero-order valence-electron chi connectivity index (χ0n) is 15.2. The van der Waals surface area contributed by atoms with Gasteiger partial charge in [-0.25, -0.2) is 4.39 Å². The number of likely N-dealkylation sites (tertiary alicyclic amines) is 1. The predicted molar refractivity (Wildman–Crippen MR) is 104 cm³/mol. The second-order valence-corrected chi connectivity index (χ2v) is 7.66. The maximum absolute atomic E-state index is 13.6. The molecule has 1 unspecified atom stereocenters. The Kier molecular flexibility index (Phi) is 7.28. The van der Waals surface area contributed by atoms with Crippen molar-refractivity contribution in [1.29, 1.82) is 0 Å². The van der Waals surface area contributed by atoms with Crippen LogP contribution in [-0.2, 0) is 16.0 Å². The summed E-state index contributed by atoms with van der Waals surface area (Å²) in [5, 5.41) is 3.33. The molecule has 3 rings (SSSR count). The molecule has 1 N–H and O–H groups in total. The van der Waals surface area contributed by atoms with E-state index in [2.05, 4.69) is 31.1 Å². The Hall–Kier alpha value is -1.18. The minimum atomic E-state index is -0.247. The second-order valence-electron chi connectivity index (χ2n) is 6.80. The SMILES string of the molecule is CN=C(NCc1ccc(Br)c(F)c1)N1CCC(OCC2CCCO2)CC1. The van der Waals surface area contributed by atoms with Gasteiger partial charge in [0.2, 0.25) is 0 Å². The van der Waals surface area contributed by atoms with Gasteiger partial charge in [-0.3, -0.25) is 4.99 Å². The molecule has 2 aliphatic rings. The summed E-state index contributed by atoms with van der Waals surface area (Å²) in [5.74, 6) is 0.606. The first-order valence-electron chi connectivity index (χ1n) is 9.28. The molecule has 0 spiro atoms. The molecular weight excluding hydrogens is 401 g/mol. The van der Waals surface area contributed by atoms with Gasteiger partial charge in [-0.15, -0.1) is 0 Å². The van der Waals surface area contributed by atoms with Crippen LogP contribution in [0.3, 0.4) is 0 Å². The number of benzene rings is 1. The highest BCUT2D eigenvalue weighted by Gasteiger charge is 2.24. The van der Waals surface area contributed by atoms with Crippen molar-refractivity contribution in [1.82, 2.24) is 10.2 Å². The van der Waals surface area contributed by atoms with Crippen molar-refractivity contribution in [2.45, 2.75) is 44.4 Å². The molecule has 2 fully saturated rings. The van der Waals surface area contributed by atoms with E-state index < -0.39 is 0 Å². The van der Waals surface area contributed by atoms with Crippen molar-refractivity contribution in [3.8, 4) is 0 Å². The largest absolute Gasteiger partial charge is 0.376 e. The molecule has 0 radical (unpaired) electrons. The maximum Gasteiger partial charge on any atom is 0.193 e. The van der Waals surface area contributed by atoms with Gasteiger partial charge in [0.15, 0.2) is 5.96 Å². The van der Waals surface area contributed by atoms with Gasteiger partial charge >= 0.3 is 0 Å². The zero-order valence-corrected chi connectivity index (χ0v) is 16.8. The molecule has 2 heterocycles. The summed E-state index contributed by atoms with van der Waals surface area (Å²) in [7, 11) is 1.78. The Bertz CT molecular complexity index is 615. The van der Waals surface area contributed by atoms with Crippen LogP contribution in [0.2, 0.25) is 0 Å². The first kappa shape index (κ1) is 19.6. The van der Waals surface area contributed by atoms with Crippen LogP contribution < -0.4 is 5.32 Å².